The Labute approximate surface area is 143 Å². The number of hydrogen-bond donors (Lipinski definition) is 2. The third-order valence-corrected chi connectivity index (χ3v) is 4.77. The van der Waals surface area contributed by atoms with Gasteiger partial charge < -0.3 is 19.6 Å². The first-order valence-electron chi connectivity index (χ1n) is 7.53. The molecule has 0 saturated carbocycles. The molecule has 1 amide bonds. The number of methoxy groups -OCH3 is 1. The summed E-state index contributed by atoms with van der Waals surface area (Å²) >= 11 is 1.50. The summed E-state index contributed by atoms with van der Waals surface area (Å²) in [4.78, 5) is 12.5. The number of benzene rings is 1. The lowest BCUT2D eigenvalue weighted by atomic mass is 9.99. The number of hydrogen-bond acceptors (Lipinski definition) is 5. The number of carbonyl (C=O) groups excluding carboxylic acids is 1. The summed E-state index contributed by atoms with van der Waals surface area (Å²) in [5, 5.41) is 17.8. The van der Waals surface area contributed by atoms with E-state index in [-0.39, 0.29) is 18.2 Å². The van der Waals surface area contributed by atoms with Crippen LogP contribution in [0.25, 0.3) is 11.0 Å². The van der Waals surface area contributed by atoms with Gasteiger partial charge in [-0.05, 0) is 54.4 Å². The molecular weight excluding hydrogens is 326 g/mol. The molecule has 6 heteroatoms. The van der Waals surface area contributed by atoms with Crippen LogP contribution in [-0.4, -0.2) is 24.7 Å². The maximum absolute atomic E-state index is 12.5. The normalized spacial score (nSPS) is 13.7. The summed E-state index contributed by atoms with van der Waals surface area (Å²) in [7, 11) is 1.59. The number of rotatable bonds is 5. The van der Waals surface area contributed by atoms with Gasteiger partial charge in [0, 0.05) is 10.9 Å². The number of ether oxygens (including phenoxy) is 1. The number of amides is 1. The lowest BCUT2D eigenvalue weighted by Gasteiger charge is -2.22. The van der Waals surface area contributed by atoms with E-state index in [1.807, 2.05) is 29.8 Å². The molecule has 2 aromatic heterocycles. The Balaban J connectivity index is 1.80. The molecule has 1 atom stereocenters. The van der Waals surface area contributed by atoms with Gasteiger partial charge in [-0.2, -0.15) is 11.3 Å². The van der Waals surface area contributed by atoms with Crippen LogP contribution in [0.15, 0.2) is 39.4 Å². The molecule has 0 aliphatic rings. The van der Waals surface area contributed by atoms with Crippen molar-refractivity contribution < 1.29 is 19.1 Å². The van der Waals surface area contributed by atoms with Gasteiger partial charge >= 0.3 is 0 Å². The zero-order valence-electron chi connectivity index (χ0n) is 13.8. The van der Waals surface area contributed by atoms with E-state index in [4.69, 9.17) is 9.15 Å². The van der Waals surface area contributed by atoms with Crippen molar-refractivity contribution in [3.63, 3.8) is 0 Å². The van der Waals surface area contributed by atoms with E-state index >= 15 is 0 Å². The molecule has 3 aromatic rings. The Morgan fingerprint density at radius 1 is 1.42 bits per heavy atom. The zero-order chi connectivity index (χ0) is 17.3. The summed E-state index contributed by atoms with van der Waals surface area (Å²) in [6.45, 7) is 3.60. The summed E-state index contributed by atoms with van der Waals surface area (Å²) < 4.78 is 10.9. The second-order valence-electron chi connectivity index (χ2n) is 5.89. The maximum atomic E-state index is 12.5. The molecule has 126 valence electrons. The Kier molecular flexibility index (Phi) is 4.34. The van der Waals surface area contributed by atoms with E-state index in [2.05, 4.69) is 5.32 Å². The van der Waals surface area contributed by atoms with Crippen LogP contribution in [0.1, 0.15) is 28.6 Å². The molecule has 24 heavy (non-hydrogen) atoms. The highest BCUT2D eigenvalue weighted by molar-refractivity contribution is 7.08. The van der Waals surface area contributed by atoms with Gasteiger partial charge in [0.25, 0.3) is 5.91 Å². The lowest BCUT2D eigenvalue weighted by Crippen LogP contribution is -2.38. The standard InChI is InChI=1S/C18H19NO4S/c1-11-14-8-13(22-3)4-5-15(14)23-16(11)17(20)19-10-18(2,21)12-6-7-24-9-12/h4-9,21H,10H2,1-3H3,(H,19,20). The van der Waals surface area contributed by atoms with Crippen molar-refractivity contribution in [2.24, 2.45) is 0 Å². The Morgan fingerprint density at radius 2 is 2.21 bits per heavy atom. The van der Waals surface area contributed by atoms with Crippen LogP contribution in [0, 0.1) is 6.92 Å². The van der Waals surface area contributed by atoms with Gasteiger partial charge in [-0.15, -0.1) is 0 Å². The molecule has 2 heterocycles. The molecule has 0 saturated heterocycles. The van der Waals surface area contributed by atoms with E-state index in [9.17, 15) is 9.90 Å². The van der Waals surface area contributed by atoms with Gasteiger partial charge in [-0.3, -0.25) is 4.79 Å². The highest BCUT2D eigenvalue weighted by Crippen LogP contribution is 2.29. The van der Waals surface area contributed by atoms with Gasteiger partial charge in [0.2, 0.25) is 0 Å². The fourth-order valence-electron chi connectivity index (χ4n) is 2.55. The summed E-state index contributed by atoms with van der Waals surface area (Å²) in [5.74, 6) is 0.608. The minimum atomic E-state index is -1.13. The summed E-state index contributed by atoms with van der Waals surface area (Å²) in [6.07, 6.45) is 0. The van der Waals surface area contributed by atoms with Crippen LogP contribution in [-0.2, 0) is 5.60 Å². The van der Waals surface area contributed by atoms with Crippen molar-refractivity contribution in [2.75, 3.05) is 13.7 Å². The summed E-state index contributed by atoms with van der Waals surface area (Å²) in [6, 6.07) is 7.25. The molecular formula is C18H19NO4S. The van der Waals surface area contributed by atoms with Crippen molar-refractivity contribution in [3.05, 3.63) is 51.9 Å². The Morgan fingerprint density at radius 3 is 2.88 bits per heavy atom. The lowest BCUT2D eigenvalue weighted by molar-refractivity contribution is 0.0522. The third kappa shape index (κ3) is 3.02. The van der Waals surface area contributed by atoms with Crippen molar-refractivity contribution in [1.29, 1.82) is 0 Å². The van der Waals surface area contributed by atoms with Crippen LogP contribution >= 0.6 is 11.3 Å². The predicted molar refractivity (Wildman–Crippen MR) is 93.7 cm³/mol. The zero-order valence-corrected chi connectivity index (χ0v) is 14.6. The first kappa shape index (κ1) is 16.5. The fourth-order valence-corrected chi connectivity index (χ4v) is 3.33. The molecule has 0 spiro atoms. The first-order valence-corrected chi connectivity index (χ1v) is 8.47. The van der Waals surface area contributed by atoms with E-state index in [1.165, 1.54) is 11.3 Å². The number of fused-ring (bicyclic) bond motifs is 1. The Hall–Kier alpha value is -2.31. The van der Waals surface area contributed by atoms with E-state index in [0.29, 0.717) is 11.3 Å². The van der Waals surface area contributed by atoms with Crippen molar-refractivity contribution in [2.45, 2.75) is 19.4 Å². The second kappa shape index (κ2) is 6.30. The quantitative estimate of drug-likeness (QED) is 0.743. The highest BCUT2D eigenvalue weighted by Gasteiger charge is 2.26. The third-order valence-electron chi connectivity index (χ3n) is 4.09. The molecule has 0 bridgehead atoms. The molecule has 1 aromatic carbocycles. The van der Waals surface area contributed by atoms with Crippen LogP contribution in [0.4, 0.5) is 0 Å². The average molecular weight is 345 g/mol. The van der Waals surface area contributed by atoms with Gasteiger partial charge in [0.15, 0.2) is 5.76 Å². The molecule has 0 aliphatic carbocycles. The minimum Gasteiger partial charge on any atom is -0.497 e. The molecule has 0 aliphatic heterocycles. The van der Waals surface area contributed by atoms with Crippen molar-refractivity contribution in [3.8, 4) is 5.75 Å². The smallest absolute Gasteiger partial charge is 0.287 e. The Bertz CT molecular complexity index is 865. The van der Waals surface area contributed by atoms with Crippen molar-refractivity contribution >= 4 is 28.2 Å². The topological polar surface area (TPSA) is 71.7 Å². The fraction of sp³-hybridized carbons (Fsp3) is 0.278. The van der Waals surface area contributed by atoms with Crippen molar-refractivity contribution in [1.82, 2.24) is 5.32 Å². The number of aryl methyl sites for hydroxylation is 1. The molecule has 2 N–H and O–H groups in total. The molecule has 0 radical (unpaired) electrons. The molecule has 0 fully saturated rings. The molecule has 5 nitrogen and oxygen atoms in total. The van der Waals surface area contributed by atoms with E-state index < -0.39 is 5.60 Å². The number of carbonyl (C=O) groups is 1. The average Bonchev–Trinajstić information content (AvgIpc) is 3.21. The van der Waals surface area contributed by atoms with Gasteiger partial charge in [0.05, 0.1) is 13.7 Å². The monoisotopic (exact) mass is 345 g/mol. The van der Waals surface area contributed by atoms with Crippen LogP contribution < -0.4 is 10.1 Å². The minimum absolute atomic E-state index is 0.0996. The maximum Gasteiger partial charge on any atom is 0.287 e. The summed E-state index contributed by atoms with van der Waals surface area (Å²) in [5.41, 5.74) is 1.03. The van der Waals surface area contributed by atoms with E-state index in [0.717, 1.165) is 16.5 Å². The number of furan rings is 1. The van der Waals surface area contributed by atoms with E-state index in [1.54, 1.807) is 26.2 Å². The SMILES string of the molecule is COc1ccc2oc(C(=O)NCC(C)(O)c3ccsc3)c(C)c2c1. The first-order chi connectivity index (χ1) is 11.4. The highest BCUT2D eigenvalue weighted by atomic mass is 32.1. The molecule has 1 unspecified atom stereocenters. The van der Waals surface area contributed by atoms with Gasteiger partial charge in [0.1, 0.15) is 16.9 Å². The number of thiophene rings is 1. The van der Waals surface area contributed by atoms with Gasteiger partial charge in [-0.25, -0.2) is 0 Å². The largest absolute Gasteiger partial charge is 0.497 e. The number of aliphatic hydroxyl groups is 1. The molecule has 3 rings (SSSR count). The number of nitrogens with one attached hydrogen (secondary N) is 1. The predicted octanol–water partition coefficient (Wildman–Crippen LogP) is 3.45. The second-order valence-corrected chi connectivity index (χ2v) is 6.67. The van der Waals surface area contributed by atoms with Crippen LogP contribution in [0.3, 0.4) is 0 Å². The van der Waals surface area contributed by atoms with Crippen LogP contribution in [0.5, 0.6) is 5.75 Å². The van der Waals surface area contributed by atoms with Crippen LogP contribution in [0.2, 0.25) is 0 Å². The van der Waals surface area contributed by atoms with Gasteiger partial charge in [-0.1, -0.05) is 0 Å².